The molecule has 0 saturated carbocycles. The van der Waals surface area contributed by atoms with Crippen molar-refractivity contribution in [3.63, 3.8) is 0 Å². The van der Waals surface area contributed by atoms with Crippen molar-refractivity contribution < 1.29 is 4.42 Å². The van der Waals surface area contributed by atoms with Crippen LogP contribution in [0.25, 0.3) is 0 Å². The number of rotatable bonds is 0. The van der Waals surface area contributed by atoms with Crippen LogP contribution < -0.4 is 0 Å². The second-order valence-corrected chi connectivity index (χ2v) is 4.86. The molecule has 0 aromatic carbocycles. The Hall–Kier alpha value is -0.700. The summed E-state index contributed by atoms with van der Waals surface area (Å²) in [6.07, 6.45) is 1.73. The van der Waals surface area contributed by atoms with Crippen molar-refractivity contribution in [2.24, 2.45) is 5.41 Å². The van der Waals surface area contributed by atoms with E-state index in [1.165, 1.54) is 0 Å². The van der Waals surface area contributed by atoms with Crippen LogP contribution >= 0.6 is 12.6 Å². The summed E-state index contributed by atoms with van der Waals surface area (Å²) in [6.45, 7) is 4.32. The summed E-state index contributed by atoms with van der Waals surface area (Å²) in [5.74, 6) is 0.922. The first-order valence-electron chi connectivity index (χ1n) is 4.37. The topological polar surface area (TPSA) is 37.0 Å². The molecule has 0 radical (unpaired) electrons. The summed E-state index contributed by atoms with van der Waals surface area (Å²) >= 11 is 4.14. The Bertz CT molecular complexity index is 365. The fourth-order valence-electron chi connectivity index (χ4n) is 1.87. The molecule has 1 heterocycles. The van der Waals surface area contributed by atoms with Gasteiger partial charge in [-0.1, -0.05) is 13.8 Å². The molecule has 2 rings (SSSR count). The lowest BCUT2D eigenvalue weighted by Crippen LogP contribution is -2.25. The Morgan fingerprint density at radius 1 is 1.46 bits per heavy atom. The van der Waals surface area contributed by atoms with Crippen molar-refractivity contribution in [3.05, 3.63) is 17.4 Å². The van der Waals surface area contributed by atoms with Gasteiger partial charge in [-0.25, -0.2) is 0 Å². The quantitative estimate of drug-likeness (QED) is 0.614. The van der Waals surface area contributed by atoms with Gasteiger partial charge in [0.15, 0.2) is 5.09 Å². The number of furan rings is 1. The van der Waals surface area contributed by atoms with Gasteiger partial charge < -0.3 is 9.83 Å². The van der Waals surface area contributed by atoms with E-state index in [0.717, 1.165) is 24.2 Å². The van der Waals surface area contributed by atoms with Gasteiger partial charge in [0, 0.05) is 17.7 Å². The summed E-state index contributed by atoms with van der Waals surface area (Å²) in [6, 6.07) is 1.84. The number of hydrogen-bond acceptors (Lipinski definition) is 3. The third-order valence-corrected chi connectivity index (χ3v) is 2.64. The largest absolute Gasteiger partial charge is 0.454 e. The molecule has 1 aromatic rings. The van der Waals surface area contributed by atoms with E-state index < -0.39 is 0 Å². The van der Waals surface area contributed by atoms with Crippen LogP contribution in [0, 0.1) is 10.8 Å². The molecule has 0 amide bonds. The fourth-order valence-corrected chi connectivity index (χ4v) is 2.11. The molecule has 1 aromatic heterocycles. The van der Waals surface area contributed by atoms with Crippen molar-refractivity contribution in [1.82, 2.24) is 0 Å². The van der Waals surface area contributed by atoms with Crippen molar-refractivity contribution in [1.29, 1.82) is 5.41 Å². The summed E-state index contributed by atoms with van der Waals surface area (Å²) < 4.78 is 5.44. The molecule has 0 spiro atoms. The van der Waals surface area contributed by atoms with Crippen LogP contribution in [-0.4, -0.2) is 5.71 Å². The minimum atomic E-state index is 0.155. The van der Waals surface area contributed by atoms with Crippen molar-refractivity contribution in [2.75, 3.05) is 0 Å². The number of hydrogen-bond donors (Lipinski definition) is 2. The van der Waals surface area contributed by atoms with E-state index in [1.807, 2.05) is 6.07 Å². The molecule has 3 heteroatoms. The zero-order chi connectivity index (χ0) is 9.64. The molecular formula is C10H13NOS. The van der Waals surface area contributed by atoms with E-state index in [0.29, 0.717) is 10.8 Å². The predicted octanol–water partition coefficient (Wildman–Crippen LogP) is 2.91. The normalized spacial score (nSPS) is 20.1. The van der Waals surface area contributed by atoms with Crippen LogP contribution in [0.3, 0.4) is 0 Å². The van der Waals surface area contributed by atoms with E-state index in [4.69, 9.17) is 9.83 Å². The third kappa shape index (κ3) is 1.53. The zero-order valence-electron chi connectivity index (χ0n) is 7.85. The van der Waals surface area contributed by atoms with Crippen LogP contribution in [0.5, 0.6) is 0 Å². The fraction of sp³-hybridized carbons (Fsp3) is 0.500. The maximum Gasteiger partial charge on any atom is 0.158 e. The summed E-state index contributed by atoms with van der Waals surface area (Å²) in [4.78, 5) is 0. The van der Waals surface area contributed by atoms with Crippen molar-refractivity contribution in [2.45, 2.75) is 31.8 Å². The number of thiol groups is 1. The van der Waals surface area contributed by atoms with Crippen LogP contribution in [0.2, 0.25) is 0 Å². The van der Waals surface area contributed by atoms with Gasteiger partial charge in [0.1, 0.15) is 5.76 Å². The van der Waals surface area contributed by atoms with Crippen LogP contribution in [0.1, 0.15) is 31.6 Å². The number of fused-ring (bicyclic) bond motifs is 1. The highest BCUT2D eigenvalue weighted by Gasteiger charge is 2.31. The van der Waals surface area contributed by atoms with Gasteiger partial charge in [0.2, 0.25) is 0 Å². The van der Waals surface area contributed by atoms with Crippen LogP contribution in [0.4, 0.5) is 0 Å². The average Bonchev–Trinajstić information content (AvgIpc) is 2.27. The van der Waals surface area contributed by atoms with Crippen LogP contribution in [0.15, 0.2) is 15.6 Å². The van der Waals surface area contributed by atoms with Gasteiger partial charge in [-0.05, 0) is 17.9 Å². The van der Waals surface area contributed by atoms with E-state index in [9.17, 15) is 0 Å². The molecule has 0 saturated heterocycles. The first kappa shape index (κ1) is 8.88. The highest BCUT2D eigenvalue weighted by molar-refractivity contribution is 7.80. The lowest BCUT2D eigenvalue weighted by molar-refractivity contribution is 0.316. The average molecular weight is 195 g/mol. The molecule has 2 nitrogen and oxygen atoms in total. The van der Waals surface area contributed by atoms with E-state index in [2.05, 4.69) is 26.5 Å². The second kappa shape index (κ2) is 2.64. The lowest BCUT2D eigenvalue weighted by atomic mass is 9.76. The maximum absolute atomic E-state index is 7.85. The van der Waals surface area contributed by atoms with Gasteiger partial charge >= 0.3 is 0 Å². The molecule has 70 valence electrons. The minimum Gasteiger partial charge on any atom is -0.454 e. The monoisotopic (exact) mass is 195 g/mol. The molecule has 0 fully saturated rings. The van der Waals surface area contributed by atoms with E-state index in [-0.39, 0.29) is 5.41 Å². The van der Waals surface area contributed by atoms with Gasteiger partial charge in [-0.15, -0.1) is 12.6 Å². The van der Waals surface area contributed by atoms with Crippen molar-refractivity contribution >= 4 is 18.3 Å². The predicted molar refractivity (Wildman–Crippen MR) is 54.9 cm³/mol. The maximum atomic E-state index is 7.85. The van der Waals surface area contributed by atoms with Gasteiger partial charge in [-0.2, -0.15) is 0 Å². The molecular weight excluding hydrogens is 182 g/mol. The Labute approximate surface area is 83.2 Å². The van der Waals surface area contributed by atoms with Gasteiger partial charge in [-0.3, -0.25) is 0 Å². The Morgan fingerprint density at radius 3 is 2.85 bits per heavy atom. The summed E-state index contributed by atoms with van der Waals surface area (Å²) in [5.41, 5.74) is 1.78. The highest BCUT2D eigenvalue weighted by Crippen LogP contribution is 2.36. The first-order valence-corrected chi connectivity index (χ1v) is 4.82. The number of nitrogens with one attached hydrogen (secondary N) is 1. The van der Waals surface area contributed by atoms with Gasteiger partial charge in [0.05, 0.1) is 0 Å². The van der Waals surface area contributed by atoms with E-state index >= 15 is 0 Å². The van der Waals surface area contributed by atoms with Crippen molar-refractivity contribution in [3.8, 4) is 0 Å². The summed E-state index contributed by atoms with van der Waals surface area (Å²) in [7, 11) is 0. The zero-order valence-corrected chi connectivity index (χ0v) is 8.74. The molecule has 0 aliphatic heterocycles. The van der Waals surface area contributed by atoms with E-state index in [1.54, 1.807) is 0 Å². The highest BCUT2D eigenvalue weighted by atomic mass is 32.1. The molecule has 0 atom stereocenters. The summed E-state index contributed by atoms with van der Waals surface area (Å²) in [5, 5.41) is 8.46. The Kier molecular flexibility index (Phi) is 1.80. The second-order valence-electron chi connectivity index (χ2n) is 4.42. The Morgan fingerprint density at radius 2 is 2.15 bits per heavy atom. The smallest absolute Gasteiger partial charge is 0.158 e. The molecule has 13 heavy (non-hydrogen) atoms. The molecule has 1 aliphatic rings. The molecule has 1 N–H and O–H groups in total. The first-order chi connectivity index (χ1) is 5.98. The lowest BCUT2D eigenvalue weighted by Gasteiger charge is -2.28. The molecule has 0 unspecified atom stereocenters. The van der Waals surface area contributed by atoms with Crippen LogP contribution in [-0.2, 0) is 6.42 Å². The minimum absolute atomic E-state index is 0.155. The van der Waals surface area contributed by atoms with Gasteiger partial charge in [0.25, 0.3) is 0 Å². The Balaban J connectivity index is 2.48. The third-order valence-electron chi connectivity index (χ3n) is 2.42. The standard InChI is InChI=1S/C10H13NOS/c1-10(2)4-7(11)6-3-9(13)12-8(6)5-10/h3,11,13H,4-5H2,1-2H3. The SMILES string of the molecule is CC1(C)CC(=N)c2cc(S)oc2C1. The molecule has 0 bridgehead atoms. The molecule has 1 aliphatic carbocycles.